The summed E-state index contributed by atoms with van der Waals surface area (Å²) in [6, 6.07) is 66.7. The summed E-state index contributed by atoms with van der Waals surface area (Å²) in [5.41, 5.74) is 22.2. The molecule has 0 aliphatic rings. The van der Waals surface area contributed by atoms with Gasteiger partial charge < -0.3 is 18.3 Å². The van der Waals surface area contributed by atoms with Gasteiger partial charge in [0.25, 0.3) is 0 Å². The van der Waals surface area contributed by atoms with E-state index in [1.54, 1.807) is 0 Å². The highest BCUT2D eigenvalue weighted by molar-refractivity contribution is 6.15. The highest BCUT2D eigenvalue weighted by atomic mass is 15.0. The zero-order chi connectivity index (χ0) is 58.1. The van der Waals surface area contributed by atoms with Crippen molar-refractivity contribution in [2.24, 2.45) is 0 Å². The molecule has 0 fully saturated rings. The summed E-state index contributed by atoms with van der Waals surface area (Å²) >= 11 is 0. The van der Waals surface area contributed by atoms with Gasteiger partial charge in [0.05, 0.1) is 44.1 Å². The predicted molar refractivity (Wildman–Crippen MR) is 356 cm³/mol. The maximum absolute atomic E-state index is 2.57. The third-order valence-electron chi connectivity index (χ3n) is 18.1. The normalized spacial score (nSPS) is 13.5. The fourth-order valence-corrected chi connectivity index (χ4v) is 13.0. The lowest BCUT2D eigenvalue weighted by Gasteiger charge is -2.20. The van der Waals surface area contributed by atoms with Crippen molar-refractivity contribution >= 4 is 87.2 Å². The van der Waals surface area contributed by atoms with Gasteiger partial charge in [-0.25, -0.2) is 0 Å². The minimum atomic E-state index is -0.0287. The minimum Gasteiger partial charge on any atom is -0.309 e. The largest absolute Gasteiger partial charge is 0.309 e. The second-order valence-electron chi connectivity index (χ2n) is 30.2. The second-order valence-corrected chi connectivity index (χ2v) is 30.2. The smallest absolute Gasteiger partial charge is 0.0561 e. The van der Waals surface area contributed by atoms with Crippen LogP contribution in [0.15, 0.2) is 170 Å². The van der Waals surface area contributed by atoms with Gasteiger partial charge >= 0.3 is 0 Å². The van der Waals surface area contributed by atoms with Crippen LogP contribution < -0.4 is 0 Å². The summed E-state index contributed by atoms with van der Waals surface area (Å²) < 4.78 is 10.1. The van der Waals surface area contributed by atoms with Crippen LogP contribution in [0.5, 0.6) is 0 Å². The van der Waals surface area contributed by atoms with E-state index in [0.29, 0.717) is 0 Å². The summed E-state index contributed by atoms with van der Waals surface area (Å²) in [5.74, 6) is 0. The number of aromatic nitrogens is 4. The van der Waals surface area contributed by atoms with E-state index in [-0.39, 0.29) is 32.5 Å². The van der Waals surface area contributed by atoms with Gasteiger partial charge in [-0.05, 0) is 181 Å². The van der Waals surface area contributed by atoms with E-state index in [1.165, 1.54) is 126 Å². The van der Waals surface area contributed by atoms with Gasteiger partial charge in [0.15, 0.2) is 0 Å². The first-order valence-corrected chi connectivity index (χ1v) is 29.9. The van der Waals surface area contributed by atoms with Crippen LogP contribution in [0.3, 0.4) is 0 Å². The van der Waals surface area contributed by atoms with Crippen LogP contribution in [-0.4, -0.2) is 18.3 Å². The first-order chi connectivity index (χ1) is 38.4. The summed E-state index contributed by atoms with van der Waals surface area (Å²) in [7, 11) is 0. The lowest BCUT2D eigenvalue weighted by molar-refractivity contribution is 0.590. The zero-order valence-corrected chi connectivity index (χ0v) is 52.0. The quantitative estimate of drug-likeness (QED) is 0.167. The van der Waals surface area contributed by atoms with E-state index in [0.717, 1.165) is 17.1 Å². The van der Waals surface area contributed by atoms with Gasteiger partial charge in [0, 0.05) is 65.8 Å². The molecule has 0 unspecified atom stereocenters. The number of fused-ring (bicyclic) bond motifs is 12. The summed E-state index contributed by atoms with van der Waals surface area (Å²) in [6.45, 7) is 41.7. The number of hydrogen-bond donors (Lipinski definition) is 0. The van der Waals surface area contributed by atoms with Crippen LogP contribution in [0.1, 0.15) is 158 Å². The third kappa shape index (κ3) is 8.60. The lowest BCUT2D eigenvalue weighted by atomic mass is 9.85. The second kappa shape index (κ2) is 17.8. The Kier molecular flexibility index (Phi) is 11.6. The average molecular weight is 1080 g/mol. The van der Waals surface area contributed by atoms with Crippen LogP contribution in [0, 0.1) is 0 Å². The Morgan fingerprint density at radius 2 is 0.378 bits per heavy atom. The molecule has 414 valence electrons. The molecule has 4 aromatic heterocycles. The molecule has 13 rings (SSSR count). The zero-order valence-electron chi connectivity index (χ0n) is 52.0. The summed E-state index contributed by atoms with van der Waals surface area (Å²) in [5, 5.41) is 10.1. The Morgan fingerprint density at radius 1 is 0.171 bits per heavy atom. The van der Waals surface area contributed by atoms with Crippen LogP contribution in [-0.2, 0) is 32.5 Å². The molecule has 0 radical (unpaired) electrons. The topological polar surface area (TPSA) is 19.7 Å². The molecule has 0 N–H and O–H groups in total. The van der Waals surface area contributed by atoms with Gasteiger partial charge in [0.1, 0.15) is 0 Å². The van der Waals surface area contributed by atoms with Crippen molar-refractivity contribution < 1.29 is 0 Å². The monoisotopic (exact) mass is 1070 g/mol. The van der Waals surface area contributed by atoms with Gasteiger partial charge in [-0.3, -0.25) is 0 Å². The Hall–Kier alpha value is -7.82. The van der Waals surface area contributed by atoms with E-state index >= 15 is 0 Å². The number of rotatable bonds is 4. The Balaban J connectivity index is 1.12. The van der Waals surface area contributed by atoms with E-state index in [1.807, 2.05) is 0 Å². The van der Waals surface area contributed by atoms with Gasteiger partial charge in [0.2, 0.25) is 0 Å². The molecule has 0 saturated carbocycles. The third-order valence-corrected chi connectivity index (χ3v) is 18.1. The molecule has 0 amide bonds. The summed E-state index contributed by atoms with van der Waals surface area (Å²) in [4.78, 5) is 0. The molecule has 0 saturated heterocycles. The molecule has 0 bridgehead atoms. The molecule has 0 aliphatic carbocycles. The van der Waals surface area contributed by atoms with Crippen LogP contribution in [0.25, 0.3) is 110 Å². The van der Waals surface area contributed by atoms with Crippen molar-refractivity contribution in [2.75, 3.05) is 0 Å². The highest BCUT2D eigenvalue weighted by Gasteiger charge is 2.27. The van der Waals surface area contributed by atoms with Crippen molar-refractivity contribution in [1.29, 1.82) is 0 Å². The number of hydrogen-bond acceptors (Lipinski definition) is 0. The molecule has 13 aromatic rings. The van der Waals surface area contributed by atoms with Gasteiger partial charge in [-0.2, -0.15) is 0 Å². The fraction of sp³-hybridized carbons (Fsp3) is 0.308. The van der Waals surface area contributed by atoms with E-state index in [9.17, 15) is 0 Å². The Bertz CT molecular complexity index is 4410. The first-order valence-electron chi connectivity index (χ1n) is 29.9. The molecule has 0 aliphatic heterocycles. The van der Waals surface area contributed by atoms with Crippen LogP contribution >= 0.6 is 0 Å². The van der Waals surface area contributed by atoms with Gasteiger partial charge in [-0.15, -0.1) is 0 Å². The number of benzene rings is 9. The van der Waals surface area contributed by atoms with Crippen LogP contribution in [0.2, 0.25) is 0 Å². The summed E-state index contributed by atoms with van der Waals surface area (Å²) in [6.07, 6.45) is 0. The standard InChI is InChI=1S/C78H82N4/c1-73(2,3)47-19-26-53(27-20-47)79-65-33-21-52(78(16,17)18)43-63(65)64-44-54(30-38-70(64)79)82-71-45-55(80-66-34-22-48(74(4,5)6)39-59(66)60-40-49(75(7,8)9)23-35-67(60)80)28-31-57(71)58-32-29-56(46-72(58)82)81-68-36-24-50(76(10,11)12)41-61(68)62-42-51(77(13,14)15)25-37-69(62)81/h19-46H,1-18H3. The van der Waals surface area contributed by atoms with Crippen molar-refractivity contribution in [3.63, 3.8) is 0 Å². The molecule has 4 heterocycles. The molecule has 4 heteroatoms. The highest BCUT2D eigenvalue weighted by Crippen LogP contribution is 2.44. The number of nitrogens with zero attached hydrogens (tertiary/aromatic N) is 4. The molecule has 0 atom stereocenters. The Morgan fingerprint density at radius 3 is 0.671 bits per heavy atom. The van der Waals surface area contributed by atoms with Gasteiger partial charge in [-0.1, -0.05) is 179 Å². The SMILES string of the molecule is CC(C)(C)c1ccc(-n2c3ccc(-n4c5cc(-n6c7ccc(C(C)(C)C)cc7c7cc(C(C)(C)C)ccc76)ccc5c5ccc(-n6c7ccc(C(C)(C)C)cc7c7cc(C(C)(C)C)ccc76)cc54)cc3c3cc(C(C)(C)C)ccc32)cc1. The van der Waals surface area contributed by atoms with Crippen LogP contribution in [0.4, 0.5) is 0 Å². The van der Waals surface area contributed by atoms with E-state index < -0.39 is 0 Å². The first kappa shape index (κ1) is 53.5. The predicted octanol–water partition coefficient (Wildman–Crippen LogP) is 21.9. The molecule has 4 nitrogen and oxygen atoms in total. The van der Waals surface area contributed by atoms with E-state index in [4.69, 9.17) is 0 Å². The Labute approximate surface area is 486 Å². The maximum Gasteiger partial charge on any atom is 0.0561 e. The minimum absolute atomic E-state index is 0.00547. The van der Waals surface area contributed by atoms with Crippen molar-refractivity contribution in [2.45, 2.75) is 157 Å². The molecule has 82 heavy (non-hydrogen) atoms. The fourth-order valence-electron chi connectivity index (χ4n) is 13.0. The molecule has 0 spiro atoms. The maximum atomic E-state index is 2.57. The average Bonchev–Trinajstić information content (AvgIpc) is 2.92. The lowest BCUT2D eigenvalue weighted by Crippen LogP contribution is -2.11. The molecular weight excluding hydrogens is 993 g/mol. The van der Waals surface area contributed by atoms with E-state index in [2.05, 4.69) is 313 Å². The van der Waals surface area contributed by atoms with Crippen molar-refractivity contribution in [3.05, 3.63) is 203 Å². The van der Waals surface area contributed by atoms with Crippen molar-refractivity contribution in [3.8, 4) is 22.7 Å². The molecule has 9 aromatic carbocycles. The van der Waals surface area contributed by atoms with Crippen molar-refractivity contribution in [1.82, 2.24) is 18.3 Å². The molecular formula is C78H82N4.